The van der Waals surface area contributed by atoms with Crippen LogP contribution in [0.1, 0.15) is 22.8 Å². The number of carbonyl (C=O) groups excluding carboxylic acids is 2. The van der Waals surface area contributed by atoms with Gasteiger partial charge in [0.15, 0.2) is 11.0 Å². The van der Waals surface area contributed by atoms with Gasteiger partial charge in [0.05, 0.1) is 11.4 Å². The summed E-state index contributed by atoms with van der Waals surface area (Å²) in [4.78, 5) is 35.5. The maximum absolute atomic E-state index is 12.5. The number of amidine groups is 2. The molecule has 2 heterocycles. The molecule has 0 saturated carbocycles. The van der Waals surface area contributed by atoms with E-state index in [0.29, 0.717) is 16.6 Å². The van der Waals surface area contributed by atoms with Gasteiger partial charge in [-0.1, -0.05) is 54.2 Å². The molecule has 0 saturated heterocycles. The Kier molecular flexibility index (Phi) is 3.97. The van der Waals surface area contributed by atoms with Crippen LogP contribution in [0.5, 0.6) is 0 Å². The largest absolute Gasteiger partial charge is 0.293 e. The number of Topliss-reactive ketones (excluding diaryl/α,β-unsaturated/α-hetero) is 1. The fraction of sp³-hybridized carbons (Fsp3) is 0.158. The maximum atomic E-state index is 12.5. The van der Waals surface area contributed by atoms with Crippen molar-refractivity contribution in [1.29, 1.82) is 0 Å². The number of thioether (sulfide) groups is 1. The Bertz CT molecular complexity index is 921. The van der Waals surface area contributed by atoms with Crippen molar-refractivity contribution in [3.05, 3.63) is 65.7 Å². The summed E-state index contributed by atoms with van der Waals surface area (Å²) in [6.07, 6.45) is 0. The van der Waals surface area contributed by atoms with E-state index in [2.05, 4.69) is 9.98 Å². The maximum Gasteiger partial charge on any atom is 0.258 e. The SMILES string of the molecule is C[C@H]1N=C2c3ccccc3N=C(SCC(=O)c3ccccc3)N2C1=O. The van der Waals surface area contributed by atoms with Gasteiger partial charge in [0.2, 0.25) is 0 Å². The van der Waals surface area contributed by atoms with Crippen molar-refractivity contribution in [2.75, 3.05) is 5.75 Å². The van der Waals surface area contributed by atoms with Crippen LogP contribution in [0.3, 0.4) is 0 Å². The molecule has 5 nitrogen and oxygen atoms in total. The number of fused-ring (bicyclic) bond motifs is 3. The zero-order valence-corrected chi connectivity index (χ0v) is 14.4. The Morgan fingerprint density at radius 3 is 2.64 bits per heavy atom. The van der Waals surface area contributed by atoms with Crippen LogP contribution in [0.15, 0.2) is 64.6 Å². The molecule has 0 N–H and O–H groups in total. The minimum absolute atomic E-state index is 0.00495. The minimum Gasteiger partial charge on any atom is -0.293 e. The number of hydrogen-bond donors (Lipinski definition) is 0. The van der Waals surface area contributed by atoms with E-state index in [1.807, 2.05) is 42.5 Å². The first-order chi connectivity index (χ1) is 12.1. The summed E-state index contributed by atoms with van der Waals surface area (Å²) >= 11 is 1.27. The van der Waals surface area contributed by atoms with Gasteiger partial charge in [-0.2, -0.15) is 0 Å². The molecule has 2 aliphatic rings. The molecule has 2 aliphatic heterocycles. The van der Waals surface area contributed by atoms with E-state index in [9.17, 15) is 9.59 Å². The Labute approximate surface area is 149 Å². The minimum atomic E-state index is -0.434. The molecule has 0 fully saturated rings. The van der Waals surface area contributed by atoms with E-state index in [1.54, 1.807) is 19.1 Å². The number of nitrogens with zero attached hydrogens (tertiary/aromatic N) is 3. The lowest BCUT2D eigenvalue weighted by atomic mass is 10.1. The topological polar surface area (TPSA) is 62.1 Å². The predicted octanol–water partition coefficient (Wildman–Crippen LogP) is 3.28. The Balaban J connectivity index is 1.63. The molecule has 0 radical (unpaired) electrons. The van der Waals surface area contributed by atoms with E-state index < -0.39 is 6.04 Å². The Hall–Kier alpha value is -2.73. The number of rotatable bonds is 3. The summed E-state index contributed by atoms with van der Waals surface area (Å²) in [6.45, 7) is 1.77. The highest BCUT2D eigenvalue weighted by Crippen LogP contribution is 2.33. The van der Waals surface area contributed by atoms with Crippen LogP contribution in [0.4, 0.5) is 5.69 Å². The molecule has 1 atom stereocenters. The first-order valence-corrected chi connectivity index (χ1v) is 8.94. The molecular weight excluding hydrogens is 334 g/mol. The molecule has 0 aromatic heterocycles. The second-order valence-electron chi connectivity index (χ2n) is 5.79. The molecule has 124 valence electrons. The highest BCUT2D eigenvalue weighted by Gasteiger charge is 2.39. The fourth-order valence-corrected chi connectivity index (χ4v) is 3.71. The van der Waals surface area contributed by atoms with Gasteiger partial charge in [0.25, 0.3) is 5.91 Å². The lowest BCUT2D eigenvalue weighted by molar-refractivity contribution is -0.124. The fourth-order valence-electron chi connectivity index (χ4n) is 2.81. The normalized spacial score (nSPS) is 18.4. The highest BCUT2D eigenvalue weighted by molar-refractivity contribution is 8.14. The van der Waals surface area contributed by atoms with Crippen LogP contribution in [-0.2, 0) is 4.79 Å². The average Bonchev–Trinajstić information content (AvgIpc) is 2.95. The summed E-state index contributed by atoms with van der Waals surface area (Å²) in [6, 6.07) is 16.3. The number of para-hydroxylation sites is 1. The van der Waals surface area contributed by atoms with E-state index in [0.717, 1.165) is 11.3 Å². The van der Waals surface area contributed by atoms with E-state index in [1.165, 1.54) is 16.7 Å². The number of amides is 1. The average molecular weight is 349 g/mol. The van der Waals surface area contributed by atoms with Crippen LogP contribution < -0.4 is 0 Å². The van der Waals surface area contributed by atoms with Crippen LogP contribution in [0.25, 0.3) is 0 Å². The van der Waals surface area contributed by atoms with Crippen molar-refractivity contribution in [3.8, 4) is 0 Å². The van der Waals surface area contributed by atoms with Crippen LogP contribution in [0, 0.1) is 0 Å². The standard InChI is InChI=1S/C19H15N3O2S/c1-12-18(24)22-17(20-12)14-9-5-6-10-15(14)21-19(22)25-11-16(23)13-7-3-2-4-8-13/h2-10,12H,11H2,1H3/t12-/m1/s1. The monoisotopic (exact) mass is 349 g/mol. The lowest BCUT2D eigenvalue weighted by Crippen LogP contribution is -2.40. The zero-order chi connectivity index (χ0) is 17.4. The molecule has 2 aromatic carbocycles. The molecule has 6 heteroatoms. The molecule has 2 aromatic rings. The molecule has 0 bridgehead atoms. The molecule has 0 aliphatic carbocycles. The summed E-state index contributed by atoms with van der Waals surface area (Å²) in [7, 11) is 0. The van der Waals surface area contributed by atoms with Gasteiger partial charge in [-0.15, -0.1) is 0 Å². The van der Waals surface area contributed by atoms with Gasteiger partial charge in [0, 0.05) is 11.1 Å². The van der Waals surface area contributed by atoms with Gasteiger partial charge in [-0.05, 0) is 19.1 Å². The zero-order valence-electron chi connectivity index (χ0n) is 13.5. The van der Waals surface area contributed by atoms with Crippen molar-refractivity contribution < 1.29 is 9.59 Å². The summed E-state index contributed by atoms with van der Waals surface area (Å²) in [5.74, 6) is 0.738. The number of aliphatic imine (C=N–C) groups is 2. The lowest BCUT2D eigenvalue weighted by Gasteiger charge is -2.25. The second-order valence-corrected chi connectivity index (χ2v) is 6.73. The Morgan fingerprint density at radius 1 is 1.12 bits per heavy atom. The summed E-state index contributed by atoms with van der Waals surface area (Å²) in [5.41, 5.74) is 2.27. The molecule has 0 unspecified atom stereocenters. The quantitative estimate of drug-likeness (QED) is 0.799. The molecular formula is C19H15N3O2S. The number of benzene rings is 2. The highest BCUT2D eigenvalue weighted by atomic mass is 32.2. The van der Waals surface area contributed by atoms with E-state index in [4.69, 9.17) is 0 Å². The van der Waals surface area contributed by atoms with Gasteiger partial charge >= 0.3 is 0 Å². The van der Waals surface area contributed by atoms with Crippen LogP contribution in [-0.4, -0.2) is 39.4 Å². The number of ketones is 1. The van der Waals surface area contributed by atoms with E-state index >= 15 is 0 Å². The second kappa shape index (κ2) is 6.29. The predicted molar refractivity (Wildman–Crippen MR) is 99.6 cm³/mol. The van der Waals surface area contributed by atoms with Crippen LogP contribution >= 0.6 is 11.8 Å². The Morgan fingerprint density at radius 2 is 1.84 bits per heavy atom. The summed E-state index contributed by atoms with van der Waals surface area (Å²) < 4.78 is 0. The van der Waals surface area contributed by atoms with Gasteiger partial charge in [-0.25, -0.2) is 9.89 Å². The van der Waals surface area contributed by atoms with Gasteiger partial charge in [0.1, 0.15) is 11.9 Å². The van der Waals surface area contributed by atoms with Crippen molar-refractivity contribution in [2.24, 2.45) is 9.98 Å². The number of carbonyl (C=O) groups is 2. The van der Waals surface area contributed by atoms with Gasteiger partial charge < -0.3 is 0 Å². The van der Waals surface area contributed by atoms with Gasteiger partial charge in [-0.3, -0.25) is 14.6 Å². The van der Waals surface area contributed by atoms with E-state index in [-0.39, 0.29) is 17.4 Å². The van der Waals surface area contributed by atoms with Crippen LogP contribution in [0.2, 0.25) is 0 Å². The van der Waals surface area contributed by atoms with Crippen molar-refractivity contribution in [1.82, 2.24) is 4.90 Å². The van der Waals surface area contributed by atoms with Crippen molar-refractivity contribution in [3.63, 3.8) is 0 Å². The third kappa shape index (κ3) is 2.78. The van der Waals surface area contributed by atoms with Crippen molar-refractivity contribution >= 4 is 40.1 Å². The first kappa shape index (κ1) is 15.8. The third-order valence-corrected chi connectivity index (χ3v) is 5.02. The van der Waals surface area contributed by atoms with Crippen molar-refractivity contribution in [2.45, 2.75) is 13.0 Å². The smallest absolute Gasteiger partial charge is 0.258 e. The first-order valence-electron chi connectivity index (χ1n) is 7.96. The molecule has 25 heavy (non-hydrogen) atoms. The number of hydrogen-bond acceptors (Lipinski definition) is 5. The molecule has 1 amide bonds. The summed E-state index contributed by atoms with van der Waals surface area (Å²) in [5, 5.41) is 0.510. The third-order valence-electron chi connectivity index (χ3n) is 4.09. The molecule has 0 spiro atoms. The molecule has 4 rings (SSSR count).